The second-order valence-corrected chi connectivity index (χ2v) is 11.3. The van der Waals surface area contributed by atoms with Crippen molar-refractivity contribution < 1.29 is 30.7 Å². The van der Waals surface area contributed by atoms with Gasteiger partial charge in [-0.25, -0.2) is 0 Å². The molecule has 0 radical (unpaired) electrons. The summed E-state index contributed by atoms with van der Waals surface area (Å²) in [6, 6.07) is 2.34. The average molecular weight is 442 g/mol. The van der Waals surface area contributed by atoms with Gasteiger partial charge in [-0.1, -0.05) is 0 Å². The van der Waals surface area contributed by atoms with E-state index in [1.807, 2.05) is 0 Å². The number of benzene rings is 1. The summed E-state index contributed by atoms with van der Waals surface area (Å²) in [5, 5.41) is 0. The summed E-state index contributed by atoms with van der Waals surface area (Å²) in [6.45, 7) is 0. The third kappa shape index (κ3) is 3.30. The Hall–Kier alpha value is -0.387. The van der Waals surface area contributed by atoms with Gasteiger partial charge in [0.25, 0.3) is 0 Å². The second-order valence-electron chi connectivity index (χ2n) is 2.75. The first kappa shape index (κ1) is 13.7. The van der Waals surface area contributed by atoms with Gasteiger partial charge < -0.3 is 0 Å². The van der Waals surface area contributed by atoms with Crippen molar-refractivity contribution in [2.45, 2.75) is 7.77 Å². The Morgan fingerprint density at radius 1 is 0.750 bits per heavy atom. The quantitative estimate of drug-likeness (QED) is 0.464. The number of hydrogen-bond donors (Lipinski definition) is 0. The van der Waals surface area contributed by atoms with E-state index in [-0.39, 0.29) is 0 Å². The summed E-state index contributed by atoms with van der Waals surface area (Å²) in [6.07, 6.45) is 0. The van der Waals surface area contributed by atoms with Crippen LogP contribution in [0.3, 0.4) is 0 Å². The van der Waals surface area contributed by atoms with Crippen LogP contribution in [0.15, 0.2) is 24.3 Å². The summed E-state index contributed by atoms with van der Waals surface area (Å²) in [7, 11) is 0. The van der Waals surface area contributed by atoms with Crippen LogP contribution in [0.1, 0.15) is 0 Å². The third-order valence-electron chi connectivity index (χ3n) is 1.59. The zero-order chi connectivity index (χ0) is 12.6. The van der Waals surface area contributed by atoms with Crippen molar-refractivity contribution in [1.82, 2.24) is 0 Å². The standard InChI is InChI=1S/C6H4F.2CF3.Bi/c7-6-4-2-1-3-5-6;2*2-1(3)4;/h2-5H;;;. The summed E-state index contributed by atoms with van der Waals surface area (Å²) >= 11 is -5.89. The van der Waals surface area contributed by atoms with E-state index in [4.69, 9.17) is 0 Å². The van der Waals surface area contributed by atoms with Gasteiger partial charge in [-0.2, -0.15) is 0 Å². The molecule has 0 saturated heterocycles. The Morgan fingerprint density at radius 3 is 1.44 bits per heavy atom. The van der Waals surface area contributed by atoms with E-state index in [0.29, 0.717) is 24.3 Å². The molecule has 0 aliphatic carbocycles. The van der Waals surface area contributed by atoms with Crippen LogP contribution in [0.5, 0.6) is 0 Å². The van der Waals surface area contributed by atoms with Crippen molar-refractivity contribution in [3.8, 4) is 0 Å². The molecule has 0 heterocycles. The maximum absolute atomic E-state index is 12.4. The van der Waals surface area contributed by atoms with Crippen LogP contribution in [0, 0.1) is 5.82 Å². The van der Waals surface area contributed by atoms with Crippen LogP contribution in [0.25, 0.3) is 0 Å². The molecule has 1 aromatic carbocycles. The van der Waals surface area contributed by atoms with Crippen molar-refractivity contribution in [2.24, 2.45) is 0 Å². The van der Waals surface area contributed by atoms with Gasteiger partial charge in [-0.05, 0) is 0 Å². The summed E-state index contributed by atoms with van der Waals surface area (Å²) in [4.78, 5) is 0. The van der Waals surface area contributed by atoms with Crippen LogP contribution in [-0.4, -0.2) is 29.5 Å². The molecule has 0 N–H and O–H groups in total. The van der Waals surface area contributed by atoms with Gasteiger partial charge in [0.1, 0.15) is 0 Å². The fraction of sp³-hybridized carbons (Fsp3) is 0.250. The Labute approximate surface area is 93.7 Å². The van der Waals surface area contributed by atoms with Crippen molar-refractivity contribution in [3.63, 3.8) is 0 Å². The molecule has 0 aromatic heterocycles. The molecular weight excluding hydrogens is 438 g/mol. The fourth-order valence-corrected chi connectivity index (χ4v) is 6.16. The second kappa shape index (κ2) is 4.47. The summed E-state index contributed by atoms with van der Waals surface area (Å²) in [5.41, 5.74) is 0. The van der Waals surface area contributed by atoms with Gasteiger partial charge in [0.15, 0.2) is 0 Å². The third-order valence-corrected chi connectivity index (χ3v) is 8.70. The van der Waals surface area contributed by atoms with Crippen LogP contribution < -0.4 is 3.27 Å². The van der Waals surface area contributed by atoms with E-state index >= 15 is 0 Å². The van der Waals surface area contributed by atoms with Crippen molar-refractivity contribution >= 4 is 25.0 Å². The number of rotatable bonds is 1. The first-order valence-electron chi connectivity index (χ1n) is 3.82. The minimum absolute atomic E-state index is 0.564. The van der Waals surface area contributed by atoms with E-state index in [0.717, 1.165) is 0 Å². The molecule has 90 valence electrons. The van der Waals surface area contributed by atoms with Crippen LogP contribution in [0.4, 0.5) is 30.7 Å². The van der Waals surface area contributed by atoms with Crippen molar-refractivity contribution in [1.29, 1.82) is 0 Å². The molecule has 1 rings (SSSR count). The number of halogens is 7. The Balaban J connectivity index is 3.18. The minimum atomic E-state index is -5.89. The van der Waals surface area contributed by atoms with Crippen LogP contribution in [-0.2, 0) is 0 Å². The van der Waals surface area contributed by atoms with Gasteiger partial charge in [0, 0.05) is 0 Å². The van der Waals surface area contributed by atoms with Crippen molar-refractivity contribution in [3.05, 3.63) is 30.1 Å². The van der Waals surface area contributed by atoms with Gasteiger partial charge in [0.05, 0.1) is 0 Å². The van der Waals surface area contributed by atoms with Crippen LogP contribution >= 0.6 is 0 Å². The molecule has 0 amide bonds. The van der Waals surface area contributed by atoms with Gasteiger partial charge >= 0.3 is 93.6 Å². The van der Waals surface area contributed by atoms with Crippen molar-refractivity contribution in [2.75, 3.05) is 0 Å². The Kier molecular flexibility index (Phi) is 3.82. The van der Waals surface area contributed by atoms with E-state index in [2.05, 4.69) is 0 Å². The molecule has 0 nitrogen and oxygen atoms in total. The van der Waals surface area contributed by atoms with E-state index < -0.39 is 38.6 Å². The SMILES string of the molecule is Fc1cc[c]([Bi]([C](F)(F)F)[C](F)(F)F)cc1. The first-order valence-corrected chi connectivity index (χ1v) is 9.03. The fourth-order valence-electron chi connectivity index (χ4n) is 1.03. The molecule has 0 atom stereocenters. The van der Waals surface area contributed by atoms with E-state index in [1.54, 1.807) is 0 Å². The van der Waals surface area contributed by atoms with Crippen LogP contribution in [0.2, 0.25) is 0 Å². The predicted molar refractivity (Wildman–Crippen MR) is 43.9 cm³/mol. The zero-order valence-electron chi connectivity index (χ0n) is 7.40. The Bertz CT molecular complexity index is 336. The average Bonchev–Trinajstić information content (AvgIpc) is 2.03. The molecule has 1 aromatic rings. The summed E-state index contributed by atoms with van der Waals surface area (Å²) in [5.74, 6) is -0.864. The van der Waals surface area contributed by atoms with E-state index in [9.17, 15) is 30.7 Å². The van der Waals surface area contributed by atoms with Gasteiger partial charge in [-0.15, -0.1) is 0 Å². The molecule has 0 fully saturated rings. The van der Waals surface area contributed by atoms with Gasteiger partial charge in [-0.3, -0.25) is 0 Å². The molecule has 0 unspecified atom stereocenters. The summed E-state index contributed by atoms with van der Waals surface area (Å²) < 4.78 is 74.8. The molecule has 8 heteroatoms. The maximum atomic E-state index is 12.4. The molecular formula is C8H4BiF7. The molecule has 0 spiro atoms. The molecule has 0 aliphatic rings. The van der Waals surface area contributed by atoms with E-state index in [1.165, 1.54) is 0 Å². The number of hydrogen-bond acceptors (Lipinski definition) is 0. The monoisotopic (exact) mass is 442 g/mol. The molecule has 0 bridgehead atoms. The molecule has 16 heavy (non-hydrogen) atoms. The predicted octanol–water partition coefficient (Wildman–Crippen LogP) is 2.73. The molecule has 0 aliphatic heterocycles. The Morgan fingerprint density at radius 2 is 1.12 bits per heavy atom. The number of alkyl halides is 6. The topological polar surface area (TPSA) is 0 Å². The first-order chi connectivity index (χ1) is 7.12. The zero-order valence-corrected chi connectivity index (χ0v) is 10.9. The molecule has 0 saturated carbocycles. The van der Waals surface area contributed by atoms with Gasteiger partial charge in [0.2, 0.25) is 0 Å². The normalized spacial score (nSPS) is 13.2.